The van der Waals surface area contributed by atoms with Crippen molar-refractivity contribution in [2.75, 3.05) is 13.1 Å². The molecule has 7 heteroatoms. The molecule has 2 amide bonds. The third kappa shape index (κ3) is 3.60. The Bertz CT molecular complexity index is 788. The second-order valence-electron chi connectivity index (χ2n) is 6.74. The molecule has 2 aliphatic rings. The molecular formula is C18H20ClN3O2S. The van der Waals surface area contributed by atoms with Crippen LogP contribution in [0.1, 0.15) is 36.0 Å². The van der Waals surface area contributed by atoms with Crippen molar-refractivity contribution >= 4 is 34.8 Å². The zero-order valence-corrected chi connectivity index (χ0v) is 15.3. The molecule has 2 aromatic heterocycles. The van der Waals surface area contributed by atoms with Gasteiger partial charge in [-0.15, -0.1) is 11.3 Å². The van der Waals surface area contributed by atoms with Crippen LogP contribution in [0.3, 0.4) is 0 Å². The number of nitrogens with zero attached hydrogens (tertiary/aromatic N) is 1. The molecule has 2 aromatic rings. The van der Waals surface area contributed by atoms with Gasteiger partial charge in [-0.25, -0.2) is 0 Å². The molecule has 1 aliphatic carbocycles. The van der Waals surface area contributed by atoms with E-state index >= 15 is 0 Å². The van der Waals surface area contributed by atoms with Crippen LogP contribution in [0.2, 0.25) is 4.34 Å². The Hall–Kier alpha value is -1.79. The Kier molecular flexibility index (Phi) is 4.56. The maximum absolute atomic E-state index is 12.9. The molecule has 4 rings (SSSR count). The van der Waals surface area contributed by atoms with Crippen molar-refractivity contribution in [2.24, 2.45) is 5.92 Å². The average molecular weight is 378 g/mol. The number of carbonyl (C=O) groups excluding carboxylic acids is 2. The van der Waals surface area contributed by atoms with Crippen LogP contribution in [0.25, 0.3) is 10.4 Å². The molecule has 2 fully saturated rings. The van der Waals surface area contributed by atoms with Crippen molar-refractivity contribution in [3.05, 3.63) is 34.4 Å². The van der Waals surface area contributed by atoms with Gasteiger partial charge in [-0.2, -0.15) is 0 Å². The number of hydrogen-bond acceptors (Lipinski definition) is 3. The van der Waals surface area contributed by atoms with Crippen LogP contribution in [0, 0.1) is 5.92 Å². The Morgan fingerprint density at radius 2 is 1.92 bits per heavy atom. The number of halogens is 1. The van der Waals surface area contributed by atoms with Crippen LogP contribution in [0.15, 0.2) is 24.5 Å². The van der Waals surface area contributed by atoms with E-state index in [9.17, 15) is 9.59 Å². The lowest BCUT2D eigenvalue weighted by atomic mass is 9.95. The Morgan fingerprint density at radius 3 is 2.56 bits per heavy atom. The molecule has 0 aromatic carbocycles. The summed E-state index contributed by atoms with van der Waals surface area (Å²) in [6, 6.07) is 4.17. The van der Waals surface area contributed by atoms with Gasteiger partial charge >= 0.3 is 0 Å². The number of amides is 2. The SMILES string of the molecule is O=C(NC1CC1)C1CCN(C(=O)c2c[nH]cc2-c2ccc(Cl)s2)CC1. The highest BCUT2D eigenvalue weighted by atomic mass is 35.5. The summed E-state index contributed by atoms with van der Waals surface area (Å²) in [4.78, 5) is 30.9. The average Bonchev–Trinajstić information content (AvgIpc) is 3.12. The number of piperidine rings is 1. The summed E-state index contributed by atoms with van der Waals surface area (Å²) in [6.45, 7) is 1.24. The molecule has 0 atom stereocenters. The highest BCUT2D eigenvalue weighted by Crippen LogP contribution is 2.34. The Labute approximate surface area is 155 Å². The van der Waals surface area contributed by atoms with E-state index in [1.165, 1.54) is 11.3 Å². The summed E-state index contributed by atoms with van der Waals surface area (Å²) >= 11 is 7.48. The zero-order valence-electron chi connectivity index (χ0n) is 13.8. The van der Waals surface area contributed by atoms with E-state index in [-0.39, 0.29) is 17.7 Å². The van der Waals surface area contributed by atoms with E-state index in [0.29, 0.717) is 29.0 Å². The first-order valence-electron chi connectivity index (χ1n) is 8.64. The highest BCUT2D eigenvalue weighted by molar-refractivity contribution is 7.19. The minimum atomic E-state index is 0.0156. The number of carbonyl (C=O) groups is 2. The van der Waals surface area contributed by atoms with E-state index in [0.717, 1.165) is 36.1 Å². The first-order valence-corrected chi connectivity index (χ1v) is 9.83. The fraction of sp³-hybridized carbons (Fsp3) is 0.444. The van der Waals surface area contributed by atoms with Gasteiger partial charge < -0.3 is 15.2 Å². The van der Waals surface area contributed by atoms with Crippen molar-refractivity contribution in [2.45, 2.75) is 31.7 Å². The van der Waals surface area contributed by atoms with E-state index in [1.54, 1.807) is 6.20 Å². The quantitative estimate of drug-likeness (QED) is 0.856. The van der Waals surface area contributed by atoms with Gasteiger partial charge in [-0.1, -0.05) is 11.6 Å². The van der Waals surface area contributed by atoms with E-state index in [4.69, 9.17) is 11.6 Å². The summed E-state index contributed by atoms with van der Waals surface area (Å²) in [6.07, 6.45) is 7.25. The van der Waals surface area contributed by atoms with Gasteiger partial charge in [0, 0.05) is 47.9 Å². The molecule has 1 aliphatic heterocycles. The van der Waals surface area contributed by atoms with Gasteiger partial charge in [0.05, 0.1) is 9.90 Å². The predicted molar refractivity (Wildman–Crippen MR) is 98.9 cm³/mol. The number of likely N-dealkylation sites (tertiary alicyclic amines) is 1. The molecular weight excluding hydrogens is 358 g/mol. The van der Waals surface area contributed by atoms with Gasteiger partial charge in [0.2, 0.25) is 5.91 Å². The van der Waals surface area contributed by atoms with Gasteiger partial charge in [0.25, 0.3) is 5.91 Å². The smallest absolute Gasteiger partial charge is 0.256 e. The predicted octanol–water partition coefficient (Wildman–Crippen LogP) is 3.53. The lowest BCUT2D eigenvalue weighted by molar-refractivity contribution is -0.126. The van der Waals surface area contributed by atoms with E-state index in [1.807, 2.05) is 23.2 Å². The molecule has 0 unspecified atom stereocenters. The molecule has 3 heterocycles. The topological polar surface area (TPSA) is 65.2 Å². The third-order valence-electron chi connectivity index (χ3n) is 4.89. The standard InChI is InChI=1S/C18H20ClN3O2S/c19-16-4-3-15(25-16)13-9-20-10-14(13)18(24)22-7-5-11(6-8-22)17(23)21-12-1-2-12/h3-4,9-12,20H,1-2,5-8H2,(H,21,23). The minimum Gasteiger partial charge on any atom is -0.366 e. The van der Waals surface area contributed by atoms with Crippen LogP contribution in [0.5, 0.6) is 0 Å². The zero-order chi connectivity index (χ0) is 17.4. The van der Waals surface area contributed by atoms with E-state index < -0.39 is 0 Å². The van der Waals surface area contributed by atoms with Crippen molar-refractivity contribution < 1.29 is 9.59 Å². The molecule has 0 spiro atoms. The first-order chi connectivity index (χ1) is 12.1. The maximum atomic E-state index is 12.9. The Balaban J connectivity index is 1.41. The van der Waals surface area contributed by atoms with E-state index in [2.05, 4.69) is 10.3 Å². The number of hydrogen-bond donors (Lipinski definition) is 2. The maximum Gasteiger partial charge on any atom is 0.256 e. The number of H-pyrrole nitrogens is 1. The lowest BCUT2D eigenvalue weighted by Crippen LogP contribution is -2.43. The minimum absolute atomic E-state index is 0.0156. The molecule has 25 heavy (non-hydrogen) atoms. The van der Waals surface area contributed by atoms with Crippen LogP contribution in [-0.2, 0) is 4.79 Å². The number of rotatable bonds is 4. The molecule has 0 bridgehead atoms. The molecule has 0 radical (unpaired) electrons. The summed E-state index contributed by atoms with van der Waals surface area (Å²) in [5.41, 5.74) is 1.55. The molecule has 2 N–H and O–H groups in total. The third-order valence-corrected chi connectivity index (χ3v) is 6.16. The van der Waals surface area contributed by atoms with Gasteiger partial charge in [-0.05, 0) is 37.8 Å². The van der Waals surface area contributed by atoms with Crippen molar-refractivity contribution in [3.8, 4) is 10.4 Å². The van der Waals surface area contributed by atoms with Crippen LogP contribution in [-0.4, -0.2) is 40.8 Å². The normalized spacial score (nSPS) is 18.4. The second kappa shape index (κ2) is 6.84. The van der Waals surface area contributed by atoms with Crippen molar-refractivity contribution in [1.29, 1.82) is 0 Å². The van der Waals surface area contributed by atoms with Gasteiger partial charge in [-0.3, -0.25) is 9.59 Å². The Morgan fingerprint density at radius 1 is 1.16 bits per heavy atom. The first kappa shape index (κ1) is 16.7. The fourth-order valence-electron chi connectivity index (χ4n) is 3.27. The monoisotopic (exact) mass is 377 g/mol. The largest absolute Gasteiger partial charge is 0.366 e. The molecule has 132 valence electrons. The van der Waals surface area contributed by atoms with Crippen molar-refractivity contribution in [1.82, 2.24) is 15.2 Å². The van der Waals surface area contributed by atoms with Crippen LogP contribution in [0.4, 0.5) is 0 Å². The number of nitrogens with one attached hydrogen (secondary N) is 2. The summed E-state index contributed by atoms with van der Waals surface area (Å²) in [5, 5.41) is 3.07. The number of thiophene rings is 1. The molecule has 5 nitrogen and oxygen atoms in total. The van der Waals surface area contributed by atoms with Crippen LogP contribution >= 0.6 is 22.9 Å². The van der Waals surface area contributed by atoms with Crippen molar-refractivity contribution in [3.63, 3.8) is 0 Å². The lowest BCUT2D eigenvalue weighted by Gasteiger charge is -2.31. The summed E-state index contributed by atoms with van der Waals surface area (Å²) < 4.78 is 0.706. The second-order valence-corrected chi connectivity index (χ2v) is 8.45. The summed E-state index contributed by atoms with van der Waals surface area (Å²) in [5.74, 6) is 0.207. The molecule has 1 saturated heterocycles. The number of aromatic nitrogens is 1. The molecule has 1 saturated carbocycles. The number of aromatic amines is 1. The van der Waals surface area contributed by atoms with Crippen LogP contribution < -0.4 is 5.32 Å². The fourth-order valence-corrected chi connectivity index (χ4v) is 4.34. The van der Waals surface area contributed by atoms with Gasteiger partial charge in [0.15, 0.2) is 0 Å². The summed E-state index contributed by atoms with van der Waals surface area (Å²) in [7, 11) is 0. The highest BCUT2D eigenvalue weighted by Gasteiger charge is 2.32. The van der Waals surface area contributed by atoms with Gasteiger partial charge in [0.1, 0.15) is 0 Å².